The topological polar surface area (TPSA) is 150 Å². The highest BCUT2D eigenvalue weighted by Gasteiger charge is 2.11. The van der Waals surface area contributed by atoms with Gasteiger partial charge in [0, 0.05) is 19.7 Å². The highest BCUT2D eigenvalue weighted by molar-refractivity contribution is 5.79. The number of likely N-dealkylation sites (N-methyl/N-ethyl adjacent to an activating group) is 1. The highest BCUT2D eigenvalue weighted by Crippen LogP contribution is 1.99. The number of unbranched alkanes of at least 4 members (excludes halogenated alkanes) is 1. The first kappa shape index (κ1) is 29.2. The van der Waals surface area contributed by atoms with E-state index in [4.69, 9.17) is 24.7 Å². The predicted octanol–water partition coefficient (Wildman–Crippen LogP) is -1.06. The van der Waals surface area contributed by atoms with Crippen LogP contribution in [0.2, 0.25) is 0 Å². The van der Waals surface area contributed by atoms with Crippen molar-refractivity contribution in [2.75, 3.05) is 73.0 Å². The van der Waals surface area contributed by atoms with Crippen LogP contribution in [0.25, 0.3) is 0 Å². The van der Waals surface area contributed by atoms with Crippen molar-refractivity contribution in [3.8, 4) is 0 Å². The molecule has 11 nitrogen and oxygen atoms in total. The van der Waals surface area contributed by atoms with E-state index >= 15 is 0 Å². The van der Waals surface area contributed by atoms with Crippen molar-refractivity contribution in [2.24, 2.45) is 5.73 Å². The van der Waals surface area contributed by atoms with Crippen LogP contribution in [0, 0.1) is 0 Å². The van der Waals surface area contributed by atoms with Gasteiger partial charge in [-0.25, -0.2) is 0 Å². The van der Waals surface area contributed by atoms with Gasteiger partial charge in [0.1, 0.15) is 13.2 Å². The molecule has 0 radical (unpaired) electrons. The zero-order valence-electron chi connectivity index (χ0n) is 18.9. The molecule has 0 heterocycles. The van der Waals surface area contributed by atoms with Gasteiger partial charge in [0.05, 0.1) is 39.1 Å². The maximum atomic E-state index is 11.6. The first-order valence-corrected chi connectivity index (χ1v) is 10.8. The largest absolute Gasteiger partial charge is 0.379 e. The van der Waals surface area contributed by atoms with Crippen LogP contribution in [-0.2, 0) is 33.3 Å². The quantitative estimate of drug-likeness (QED) is 0.153. The van der Waals surface area contributed by atoms with Crippen molar-refractivity contribution >= 4 is 17.7 Å². The van der Waals surface area contributed by atoms with Crippen molar-refractivity contribution in [3.05, 3.63) is 0 Å². The Bertz CT molecular complexity index is 480. The number of nitrogens with two attached hydrogens (primary N) is 1. The number of hydrogen-bond donors (Lipinski definition) is 4. The molecular weight excluding hydrogens is 408 g/mol. The molecule has 0 aromatic rings. The third-order valence-electron chi connectivity index (χ3n) is 4.06. The second-order valence-electron chi connectivity index (χ2n) is 6.77. The van der Waals surface area contributed by atoms with E-state index in [1.165, 1.54) is 0 Å². The molecule has 0 aromatic carbocycles. The van der Waals surface area contributed by atoms with Gasteiger partial charge in [-0.15, -0.1) is 0 Å². The van der Waals surface area contributed by atoms with E-state index in [0.29, 0.717) is 52.5 Å². The van der Waals surface area contributed by atoms with Crippen LogP contribution in [0.3, 0.4) is 0 Å². The number of nitrogens with one attached hydrogen (secondary N) is 3. The van der Waals surface area contributed by atoms with Crippen LogP contribution < -0.4 is 21.7 Å². The molecule has 0 saturated carbocycles. The molecule has 0 spiro atoms. The summed E-state index contributed by atoms with van der Waals surface area (Å²) in [5.74, 6) is -0.780. The lowest BCUT2D eigenvalue weighted by atomic mass is 10.1. The number of hydrogen-bond acceptors (Lipinski definition) is 8. The molecule has 0 bridgehead atoms. The minimum Gasteiger partial charge on any atom is -0.379 e. The smallest absolute Gasteiger partial charge is 0.246 e. The van der Waals surface area contributed by atoms with E-state index in [1.807, 2.05) is 6.92 Å². The van der Waals surface area contributed by atoms with Gasteiger partial charge >= 0.3 is 0 Å². The summed E-state index contributed by atoms with van der Waals surface area (Å²) in [6.45, 7) is 5.39. The number of primary amides is 1. The summed E-state index contributed by atoms with van der Waals surface area (Å²) in [5, 5.41) is 8.28. The second-order valence-corrected chi connectivity index (χ2v) is 6.77. The lowest BCUT2D eigenvalue weighted by Crippen LogP contribution is -2.39. The average Bonchev–Trinajstić information content (AvgIpc) is 2.74. The molecule has 0 rings (SSSR count). The Labute approximate surface area is 185 Å². The van der Waals surface area contributed by atoms with E-state index in [2.05, 4.69) is 16.0 Å². The minimum atomic E-state index is -0.373. The number of ether oxygens (including phenoxy) is 4. The monoisotopic (exact) mass is 448 g/mol. The molecule has 182 valence electrons. The van der Waals surface area contributed by atoms with E-state index in [-0.39, 0.29) is 43.6 Å². The molecule has 0 unspecified atom stereocenters. The molecule has 0 aliphatic rings. The van der Waals surface area contributed by atoms with Crippen LogP contribution >= 0.6 is 0 Å². The third kappa shape index (κ3) is 19.9. The van der Waals surface area contributed by atoms with Gasteiger partial charge in [-0.1, -0.05) is 6.92 Å². The van der Waals surface area contributed by atoms with E-state index in [9.17, 15) is 14.4 Å². The second kappa shape index (κ2) is 21.4. The van der Waals surface area contributed by atoms with Crippen LogP contribution in [0.5, 0.6) is 0 Å². The van der Waals surface area contributed by atoms with E-state index in [1.54, 1.807) is 7.05 Å². The molecule has 5 N–H and O–H groups in total. The van der Waals surface area contributed by atoms with Gasteiger partial charge in [0.25, 0.3) is 0 Å². The molecule has 3 amide bonds. The average molecular weight is 449 g/mol. The van der Waals surface area contributed by atoms with Gasteiger partial charge in [0.2, 0.25) is 17.7 Å². The summed E-state index contributed by atoms with van der Waals surface area (Å²) in [6.07, 6.45) is 3.12. The molecule has 0 aromatic heterocycles. The summed E-state index contributed by atoms with van der Waals surface area (Å²) in [4.78, 5) is 34.2. The molecule has 1 atom stereocenters. The Morgan fingerprint density at radius 1 is 0.774 bits per heavy atom. The number of amides is 3. The zero-order valence-corrected chi connectivity index (χ0v) is 18.9. The van der Waals surface area contributed by atoms with Gasteiger partial charge in [-0.3, -0.25) is 14.4 Å². The molecular formula is C20H40N4O7. The van der Waals surface area contributed by atoms with Crippen LogP contribution in [-0.4, -0.2) is 96.8 Å². The van der Waals surface area contributed by atoms with Gasteiger partial charge in [-0.2, -0.15) is 0 Å². The summed E-state index contributed by atoms with van der Waals surface area (Å²) in [7, 11) is 1.69. The fraction of sp³-hybridized carbons (Fsp3) is 0.850. The summed E-state index contributed by atoms with van der Waals surface area (Å²) in [5.41, 5.74) is 5.24. The Morgan fingerprint density at radius 2 is 1.32 bits per heavy atom. The maximum absolute atomic E-state index is 11.6. The number of carbonyl (C=O) groups excluding carboxylic acids is 3. The van der Waals surface area contributed by atoms with Crippen molar-refractivity contribution in [1.82, 2.24) is 16.0 Å². The number of carbonyl (C=O) groups is 3. The zero-order chi connectivity index (χ0) is 23.2. The predicted molar refractivity (Wildman–Crippen MR) is 115 cm³/mol. The van der Waals surface area contributed by atoms with Crippen LogP contribution in [0.4, 0.5) is 0 Å². The summed E-state index contributed by atoms with van der Waals surface area (Å²) in [6, 6.07) is -0.337. The van der Waals surface area contributed by atoms with Gasteiger partial charge < -0.3 is 40.6 Å². The Kier molecular flexibility index (Phi) is 20.2. The Hall–Kier alpha value is -1.79. The van der Waals surface area contributed by atoms with Crippen LogP contribution in [0.15, 0.2) is 0 Å². The van der Waals surface area contributed by atoms with E-state index < -0.39 is 0 Å². The fourth-order valence-corrected chi connectivity index (χ4v) is 2.41. The number of rotatable bonds is 22. The highest BCUT2D eigenvalue weighted by atomic mass is 16.5. The molecule has 11 heteroatoms. The van der Waals surface area contributed by atoms with Gasteiger partial charge in [-0.05, 0) is 32.7 Å². The molecule has 0 saturated heterocycles. The normalized spacial score (nSPS) is 11.8. The first-order chi connectivity index (χ1) is 15.0. The standard InChI is InChI=1S/C20H40N4O7/c1-3-9-28-11-13-30-16-19(26)24-8-10-29-12-14-31-15-18(25)23-7-5-4-6-17(22-2)20(21)27/h17,22H,3-16H2,1-2H3,(H2,21,27)(H,23,25)(H,24,26)/t17-/m0/s1. The van der Waals surface area contributed by atoms with Crippen molar-refractivity contribution in [1.29, 1.82) is 0 Å². The lowest BCUT2D eigenvalue weighted by molar-refractivity contribution is -0.127. The Morgan fingerprint density at radius 3 is 1.87 bits per heavy atom. The summed E-state index contributed by atoms with van der Waals surface area (Å²) >= 11 is 0. The summed E-state index contributed by atoms with van der Waals surface area (Å²) < 4.78 is 21.0. The minimum absolute atomic E-state index is 0.00503. The van der Waals surface area contributed by atoms with E-state index in [0.717, 1.165) is 19.3 Å². The molecule has 0 fully saturated rings. The van der Waals surface area contributed by atoms with Crippen molar-refractivity contribution < 1.29 is 33.3 Å². The third-order valence-corrected chi connectivity index (χ3v) is 4.06. The SMILES string of the molecule is CCCOCCOCC(=O)NCCOCCOCC(=O)NCCCC[C@H](NC)C(N)=O. The van der Waals surface area contributed by atoms with Gasteiger partial charge in [0.15, 0.2) is 0 Å². The molecule has 0 aliphatic carbocycles. The molecule has 0 aliphatic heterocycles. The van der Waals surface area contributed by atoms with Crippen molar-refractivity contribution in [3.63, 3.8) is 0 Å². The fourth-order valence-electron chi connectivity index (χ4n) is 2.41. The van der Waals surface area contributed by atoms with Crippen molar-refractivity contribution in [2.45, 2.75) is 38.6 Å². The lowest BCUT2D eigenvalue weighted by Gasteiger charge is -2.12. The van der Waals surface area contributed by atoms with Crippen LogP contribution in [0.1, 0.15) is 32.6 Å². The molecule has 31 heavy (non-hydrogen) atoms. The Balaban J connectivity index is 3.38. The maximum Gasteiger partial charge on any atom is 0.246 e. The first-order valence-electron chi connectivity index (χ1n) is 10.8.